The number of nitrogens with zero attached hydrogens (tertiary/aromatic N) is 3. The minimum absolute atomic E-state index is 0.144. The second kappa shape index (κ2) is 11.1. The van der Waals surface area contributed by atoms with E-state index in [4.69, 9.17) is 18.7 Å². The van der Waals surface area contributed by atoms with Crippen LogP contribution in [-0.4, -0.2) is 82.7 Å². The zero-order chi connectivity index (χ0) is 24.9. The van der Waals surface area contributed by atoms with Crippen molar-refractivity contribution in [1.29, 1.82) is 0 Å². The Morgan fingerprint density at radius 2 is 1.74 bits per heavy atom. The molecule has 0 unspecified atom stereocenters. The fourth-order valence-corrected chi connectivity index (χ4v) is 5.78. The van der Waals surface area contributed by atoms with Gasteiger partial charge in [-0.25, -0.2) is 8.42 Å². The van der Waals surface area contributed by atoms with E-state index in [0.717, 1.165) is 0 Å². The van der Waals surface area contributed by atoms with Gasteiger partial charge in [0.25, 0.3) is 0 Å². The monoisotopic (exact) mass is 496 g/mol. The molecule has 3 rings (SSSR count). The first-order valence-electron chi connectivity index (χ1n) is 11.0. The number of anilines is 1. The summed E-state index contributed by atoms with van der Waals surface area (Å²) in [6.07, 6.45) is 0.921. The van der Waals surface area contributed by atoms with E-state index in [1.807, 2.05) is 0 Å². The molecule has 34 heavy (non-hydrogen) atoms. The van der Waals surface area contributed by atoms with Crippen LogP contribution in [0.5, 0.6) is 17.2 Å². The van der Waals surface area contributed by atoms with E-state index in [9.17, 15) is 13.2 Å². The predicted molar refractivity (Wildman–Crippen MR) is 125 cm³/mol. The molecule has 1 aromatic heterocycles. The van der Waals surface area contributed by atoms with Gasteiger partial charge < -0.3 is 29.0 Å². The summed E-state index contributed by atoms with van der Waals surface area (Å²) in [4.78, 5) is 14.8. The highest BCUT2D eigenvalue weighted by Crippen LogP contribution is 2.39. The second-order valence-electron chi connectivity index (χ2n) is 7.96. The van der Waals surface area contributed by atoms with Gasteiger partial charge in [-0.3, -0.25) is 4.79 Å². The molecule has 1 N–H and O–H groups in total. The van der Waals surface area contributed by atoms with Crippen molar-refractivity contribution in [2.24, 2.45) is 0 Å². The minimum Gasteiger partial charge on any atom is -0.493 e. The molecule has 1 aliphatic heterocycles. The Hall–Kier alpha value is -2.83. The number of nitrogens with one attached hydrogen (secondary N) is 1. The van der Waals surface area contributed by atoms with Crippen LogP contribution in [0.2, 0.25) is 0 Å². The van der Waals surface area contributed by atoms with Crippen molar-refractivity contribution in [2.45, 2.75) is 31.6 Å². The van der Waals surface area contributed by atoms with Crippen LogP contribution in [0.15, 0.2) is 21.6 Å². The molecule has 1 aliphatic rings. The third-order valence-corrected chi connectivity index (χ3v) is 7.86. The van der Waals surface area contributed by atoms with Gasteiger partial charge >= 0.3 is 0 Å². The summed E-state index contributed by atoms with van der Waals surface area (Å²) in [6.45, 7) is 5.70. The number of aryl methyl sites for hydroxylation is 2. The molecule has 1 fully saturated rings. The van der Waals surface area contributed by atoms with Crippen molar-refractivity contribution in [3.05, 3.63) is 23.6 Å². The highest BCUT2D eigenvalue weighted by Gasteiger charge is 2.32. The van der Waals surface area contributed by atoms with E-state index >= 15 is 0 Å². The van der Waals surface area contributed by atoms with Crippen LogP contribution in [0.3, 0.4) is 0 Å². The summed E-state index contributed by atoms with van der Waals surface area (Å²) in [7, 11) is 0.856. The van der Waals surface area contributed by atoms with Crippen molar-refractivity contribution < 1.29 is 31.9 Å². The topological polar surface area (TPSA) is 123 Å². The summed E-state index contributed by atoms with van der Waals surface area (Å²) in [5.74, 6) is 1.47. The lowest BCUT2D eigenvalue weighted by Gasteiger charge is -2.21. The standard InChI is InChI=1S/C22H32N4O7S/c1-15-22(16(2)33-24-15)34(28,29)26-9-6-8-25(11-12-26)10-7-20(27)23-17-13-18(30-3)21(32-5)19(14-17)31-4/h13-14H,6-12H2,1-5H3,(H,23,27). The smallest absolute Gasteiger partial charge is 0.248 e. The number of carbonyl (C=O) groups excluding carboxylic acids is 1. The first kappa shape index (κ1) is 25.8. The maximum absolute atomic E-state index is 13.1. The SMILES string of the molecule is COc1cc(NC(=O)CCN2CCCN(S(=O)(=O)c3c(C)noc3C)CC2)cc(OC)c1OC. The Kier molecular flexibility index (Phi) is 8.39. The number of aromatic nitrogens is 1. The van der Waals surface area contributed by atoms with Gasteiger partial charge in [-0.1, -0.05) is 5.16 Å². The van der Waals surface area contributed by atoms with Crippen LogP contribution in [0.25, 0.3) is 0 Å². The number of rotatable bonds is 9. The van der Waals surface area contributed by atoms with Crippen LogP contribution in [0.1, 0.15) is 24.3 Å². The number of hydrogen-bond donors (Lipinski definition) is 1. The Labute approximate surface area is 200 Å². The normalized spacial score (nSPS) is 15.6. The molecule has 2 heterocycles. The molecule has 0 aliphatic carbocycles. The molecule has 11 nitrogen and oxygen atoms in total. The third-order valence-electron chi connectivity index (χ3n) is 5.72. The number of hydrogen-bond acceptors (Lipinski definition) is 9. The van der Waals surface area contributed by atoms with Crippen LogP contribution < -0.4 is 19.5 Å². The molecule has 1 saturated heterocycles. The quantitative estimate of drug-likeness (QED) is 0.555. The van der Waals surface area contributed by atoms with Gasteiger partial charge in [0.1, 0.15) is 10.6 Å². The Bertz CT molecular complexity index is 1070. The number of amides is 1. The van der Waals surface area contributed by atoms with Gasteiger partial charge in [0.05, 0.1) is 21.3 Å². The van der Waals surface area contributed by atoms with Crippen molar-refractivity contribution in [2.75, 3.05) is 59.4 Å². The van der Waals surface area contributed by atoms with Crippen LogP contribution in [0, 0.1) is 13.8 Å². The highest BCUT2D eigenvalue weighted by molar-refractivity contribution is 7.89. The van der Waals surface area contributed by atoms with Gasteiger partial charge in [-0.2, -0.15) is 4.31 Å². The maximum atomic E-state index is 13.1. The number of benzene rings is 1. The molecular weight excluding hydrogens is 464 g/mol. The molecule has 1 amide bonds. The van der Waals surface area contributed by atoms with Gasteiger partial charge in [-0.05, 0) is 26.8 Å². The van der Waals surface area contributed by atoms with Crippen molar-refractivity contribution in [3.63, 3.8) is 0 Å². The molecule has 1 aromatic carbocycles. The van der Waals surface area contributed by atoms with Crippen molar-refractivity contribution >= 4 is 21.6 Å². The van der Waals surface area contributed by atoms with E-state index < -0.39 is 10.0 Å². The number of carbonyl (C=O) groups is 1. The Morgan fingerprint density at radius 1 is 1.06 bits per heavy atom. The molecule has 0 spiro atoms. The van der Waals surface area contributed by atoms with E-state index in [2.05, 4.69) is 15.4 Å². The number of ether oxygens (including phenoxy) is 3. The molecular formula is C22H32N4O7S. The highest BCUT2D eigenvalue weighted by atomic mass is 32.2. The molecule has 0 bridgehead atoms. The lowest BCUT2D eigenvalue weighted by atomic mass is 10.2. The zero-order valence-electron chi connectivity index (χ0n) is 20.2. The van der Waals surface area contributed by atoms with Crippen LogP contribution in [-0.2, 0) is 14.8 Å². The molecule has 2 aromatic rings. The number of sulfonamides is 1. The summed E-state index contributed by atoms with van der Waals surface area (Å²) < 4.78 is 48.6. The zero-order valence-corrected chi connectivity index (χ0v) is 21.0. The van der Waals surface area contributed by atoms with E-state index in [1.165, 1.54) is 25.6 Å². The van der Waals surface area contributed by atoms with Crippen LogP contribution >= 0.6 is 0 Å². The summed E-state index contributed by atoms with van der Waals surface area (Å²) in [5.41, 5.74) is 0.897. The second-order valence-corrected chi connectivity index (χ2v) is 9.84. The molecule has 0 atom stereocenters. The Balaban J connectivity index is 1.57. The summed E-state index contributed by atoms with van der Waals surface area (Å²) in [6, 6.07) is 3.34. The largest absolute Gasteiger partial charge is 0.493 e. The lowest BCUT2D eigenvalue weighted by molar-refractivity contribution is -0.116. The Morgan fingerprint density at radius 3 is 2.29 bits per heavy atom. The number of methoxy groups -OCH3 is 3. The summed E-state index contributed by atoms with van der Waals surface area (Å²) >= 11 is 0. The van der Waals surface area contributed by atoms with Gasteiger partial charge in [0.15, 0.2) is 17.3 Å². The molecule has 188 valence electrons. The van der Waals surface area contributed by atoms with Gasteiger partial charge in [-0.15, -0.1) is 0 Å². The predicted octanol–water partition coefficient (Wildman–Crippen LogP) is 2.04. The summed E-state index contributed by atoms with van der Waals surface area (Å²) in [5, 5.41) is 6.63. The minimum atomic E-state index is -3.68. The fraction of sp³-hybridized carbons (Fsp3) is 0.545. The van der Waals surface area contributed by atoms with E-state index in [1.54, 1.807) is 26.0 Å². The molecule has 0 radical (unpaired) electrons. The third kappa shape index (κ3) is 5.62. The first-order valence-corrected chi connectivity index (χ1v) is 12.4. The lowest BCUT2D eigenvalue weighted by Crippen LogP contribution is -2.36. The first-order chi connectivity index (χ1) is 16.2. The van der Waals surface area contributed by atoms with E-state index in [-0.39, 0.29) is 17.2 Å². The van der Waals surface area contributed by atoms with E-state index in [0.29, 0.717) is 73.5 Å². The maximum Gasteiger partial charge on any atom is 0.248 e. The average molecular weight is 497 g/mol. The molecule has 0 saturated carbocycles. The fourth-order valence-electron chi connectivity index (χ4n) is 4.02. The van der Waals surface area contributed by atoms with Crippen molar-refractivity contribution in [1.82, 2.24) is 14.4 Å². The van der Waals surface area contributed by atoms with Crippen molar-refractivity contribution in [3.8, 4) is 17.2 Å². The van der Waals surface area contributed by atoms with Gasteiger partial charge in [0, 0.05) is 50.4 Å². The average Bonchev–Trinajstić information content (AvgIpc) is 3.00. The van der Waals surface area contributed by atoms with Gasteiger partial charge in [0.2, 0.25) is 21.7 Å². The van der Waals surface area contributed by atoms with Crippen LogP contribution in [0.4, 0.5) is 5.69 Å². The molecule has 12 heteroatoms.